The minimum Gasteiger partial charge on any atom is -0.321 e. The highest BCUT2D eigenvalue weighted by molar-refractivity contribution is 6.31. The Labute approximate surface area is 127 Å². The fourth-order valence-electron chi connectivity index (χ4n) is 2.94. The minimum atomic E-state index is -0.416. The highest BCUT2D eigenvalue weighted by Gasteiger charge is 2.41. The van der Waals surface area contributed by atoms with E-state index < -0.39 is 5.82 Å². The molecule has 1 atom stereocenters. The summed E-state index contributed by atoms with van der Waals surface area (Å²) in [6.07, 6.45) is 2.39. The zero-order valence-corrected chi connectivity index (χ0v) is 13.3. The Hall–Kier alpha value is -0.800. The van der Waals surface area contributed by atoms with Crippen LogP contribution in [0.2, 0.25) is 5.02 Å². The van der Waals surface area contributed by atoms with E-state index in [9.17, 15) is 4.39 Å². The van der Waals surface area contributed by atoms with Crippen LogP contribution >= 0.6 is 23.2 Å². The van der Waals surface area contributed by atoms with Gasteiger partial charge in [-0.25, -0.2) is 9.37 Å². The molecule has 0 spiro atoms. The van der Waals surface area contributed by atoms with Gasteiger partial charge in [-0.1, -0.05) is 11.6 Å². The molecule has 1 aromatic heterocycles. The number of aromatic nitrogens is 2. The quantitative estimate of drug-likeness (QED) is 0.705. The Morgan fingerprint density at radius 1 is 1.40 bits per heavy atom. The van der Waals surface area contributed by atoms with Crippen LogP contribution in [0.5, 0.6) is 0 Å². The van der Waals surface area contributed by atoms with Gasteiger partial charge in [0.15, 0.2) is 0 Å². The molecule has 0 bridgehead atoms. The van der Waals surface area contributed by atoms with E-state index in [1.807, 2.05) is 6.92 Å². The Morgan fingerprint density at radius 3 is 2.60 bits per heavy atom. The maximum atomic E-state index is 13.8. The number of hydrogen-bond acceptors (Lipinski definition) is 1. The number of hydrogen-bond donors (Lipinski definition) is 0. The van der Waals surface area contributed by atoms with Crippen LogP contribution in [0.3, 0.4) is 0 Å². The van der Waals surface area contributed by atoms with Crippen molar-refractivity contribution in [3.05, 3.63) is 28.8 Å². The van der Waals surface area contributed by atoms with Crippen molar-refractivity contribution in [2.24, 2.45) is 5.92 Å². The van der Waals surface area contributed by atoms with Gasteiger partial charge in [-0.2, -0.15) is 0 Å². The zero-order chi connectivity index (χ0) is 14.7. The van der Waals surface area contributed by atoms with Crippen LogP contribution in [0.1, 0.15) is 44.8 Å². The third-order valence-electron chi connectivity index (χ3n) is 4.23. The van der Waals surface area contributed by atoms with Crippen molar-refractivity contribution in [3.8, 4) is 0 Å². The molecule has 3 rings (SSSR count). The van der Waals surface area contributed by atoms with Crippen LogP contribution in [0.15, 0.2) is 12.1 Å². The first-order chi connectivity index (χ1) is 9.32. The normalized spacial score (nSPS) is 17.7. The van der Waals surface area contributed by atoms with Crippen molar-refractivity contribution in [1.82, 2.24) is 9.55 Å². The van der Waals surface area contributed by atoms with E-state index >= 15 is 0 Å². The van der Waals surface area contributed by atoms with Crippen molar-refractivity contribution < 1.29 is 4.39 Å². The molecule has 20 heavy (non-hydrogen) atoms. The van der Waals surface area contributed by atoms with E-state index in [4.69, 9.17) is 23.2 Å². The van der Waals surface area contributed by atoms with Crippen molar-refractivity contribution in [1.29, 1.82) is 0 Å². The molecular formula is C15H17Cl2FN2. The predicted octanol–water partition coefficient (Wildman–Crippen LogP) is 5.27. The first kappa shape index (κ1) is 14.2. The lowest BCUT2D eigenvalue weighted by Gasteiger charge is -2.30. The van der Waals surface area contributed by atoms with Gasteiger partial charge >= 0.3 is 0 Å². The lowest BCUT2D eigenvalue weighted by molar-refractivity contribution is 0.304. The summed E-state index contributed by atoms with van der Waals surface area (Å²) >= 11 is 12.1. The predicted molar refractivity (Wildman–Crippen MR) is 81.0 cm³/mol. The lowest BCUT2D eigenvalue weighted by atomic mass is 9.97. The first-order valence-corrected chi connectivity index (χ1v) is 7.65. The summed E-state index contributed by atoms with van der Waals surface area (Å²) in [6, 6.07) is 3.05. The third kappa shape index (κ3) is 2.11. The van der Waals surface area contributed by atoms with Crippen LogP contribution in [-0.2, 0) is 5.54 Å². The van der Waals surface area contributed by atoms with Crippen molar-refractivity contribution in [2.45, 2.75) is 44.5 Å². The number of nitrogens with zero attached hydrogens (tertiary/aromatic N) is 2. The molecule has 1 unspecified atom stereocenters. The highest BCUT2D eigenvalue weighted by Crippen LogP contribution is 2.46. The molecule has 108 valence electrons. The van der Waals surface area contributed by atoms with Crippen LogP contribution < -0.4 is 0 Å². The van der Waals surface area contributed by atoms with Crippen LogP contribution in [0.25, 0.3) is 11.0 Å². The van der Waals surface area contributed by atoms with E-state index in [1.165, 1.54) is 18.9 Å². The molecule has 1 aliphatic carbocycles. The van der Waals surface area contributed by atoms with Crippen molar-refractivity contribution in [3.63, 3.8) is 0 Å². The molecule has 1 aromatic carbocycles. The fourth-order valence-corrected chi connectivity index (χ4v) is 3.24. The van der Waals surface area contributed by atoms with Gasteiger partial charge in [0.05, 0.1) is 21.4 Å². The van der Waals surface area contributed by atoms with Gasteiger partial charge < -0.3 is 4.57 Å². The van der Waals surface area contributed by atoms with Crippen molar-refractivity contribution in [2.75, 3.05) is 0 Å². The Kier molecular flexibility index (Phi) is 3.26. The van der Waals surface area contributed by atoms with Gasteiger partial charge in [-0.15, -0.1) is 11.6 Å². The number of imidazole rings is 1. The zero-order valence-electron chi connectivity index (χ0n) is 11.8. The second kappa shape index (κ2) is 4.60. The standard InChI is InChI=1S/C15H17Cl2FN2/c1-8(16)14-19-12-6-10(17)11(18)7-13(12)20(14)15(2,3)9-4-5-9/h6-9H,4-5H2,1-3H3. The molecule has 2 nitrogen and oxygen atoms in total. The summed E-state index contributed by atoms with van der Waals surface area (Å²) in [5, 5.41) is -0.137. The summed E-state index contributed by atoms with van der Waals surface area (Å²) in [7, 11) is 0. The van der Waals surface area contributed by atoms with Gasteiger partial charge in [0.25, 0.3) is 0 Å². The highest BCUT2D eigenvalue weighted by atomic mass is 35.5. The van der Waals surface area contributed by atoms with Gasteiger partial charge in [0.2, 0.25) is 0 Å². The third-order valence-corrected chi connectivity index (χ3v) is 4.72. The van der Waals surface area contributed by atoms with Crippen LogP contribution in [-0.4, -0.2) is 9.55 Å². The van der Waals surface area contributed by atoms with Gasteiger partial charge in [0.1, 0.15) is 11.6 Å². The smallest absolute Gasteiger partial charge is 0.144 e. The molecule has 1 heterocycles. The van der Waals surface area contributed by atoms with Crippen LogP contribution in [0, 0.1) is 11.7 Å². The Balaban J connectivity index is 2.31. The number of halogens is 3. The summed E-state index contributed by atoms with van der Waals surface area (Å²) in [4.78, 5) is 4.57. The largest absolute Gasteiger partial charge is 0.321 e. The molecular weight excluding hydrogens is 298 g/mol. The maximum Gasteiger partial charge on any atom is 0.144 e. The summed E-state index contributed by atoms with van der Waals surface area (Å²) < 4.78 is 15.9. The summed E-state index contributed by atoms with van der Waals surface area (Å²) in [5.41, 5.74) is 1.35. The average Bonchev–Trinajstić information content (AvgIpc) is 3.13. The van der Waals surface area contributed by atoms with Gasteiger partial charge in [-0.05, 0) is 45.6 Å². The SMILES string of the molecule is CC(Cl)c1nc2cc(Cl)c(F)cc2n1C(C)(C)C1CC1. The molecule has 2 aromatic rings. The minimum absolute atomic E-state index is 0.0974. The number of fused-ring (bicyclic) bond motifs is 1. The maximum absolute atomic E-state index is 13.8. The molecule has 0 amide bonds. The monoisotopic (exact) mass is 314 g/mol. The van der Waals surface area contributed by atoms with E-state index in [2.05, 4.69) is 23.4 Å². The Morgan fingerprint density at radius 2 is 2.05 bits per heavy atom. The van der Waals surface area contributed by atoms with Gasteiger partial charge in [-0.3, -0.25) is 0 Å². The molecule has 1 saturated carbocycles. The van der Waals surface area contributed by atoms with E-state index in [0.717, 1.165) is 11.3 Å². The molecule has 0 saturated heterocycles. The van der Waals surface area contributed by atoms with Gasteiger partial charge in [0, 0.05) is 11.6 Å². The van der Waals surface area contributed by atoms with Crippen LogP contribution in [0.4, 0.5) is 4.39 Å². The fraction of sp³-hybridized carbons (Fsp3) is 0.533. The summed E-state index contributed by atoms with van der Waals surface area (Å²) in [6.45, 7) is 6.22. The second-order valence-corrected chi connectivity index (χ2v) is 7.17. The molecule has 5 heteroatoms. The number of rotatable bonds is 3. The molecule has 1 fully saturated rings. The van der Waals surface area contributed by atoms with E-state index in [-0.39, 0.29) is 15.9 Å². The lowest BCUT2D eigenvalue weighted by Crippen LogP contribution is -2.30. The summed E-state index contributed by atoms with van der Waals surface area (Å²) in [5.74, 6) is 0.953. The second-order valence-electron chi connectivity index (χ2n) is 6.10. The molecule has 0 N–H and O–H groups in total. The molecule has 0 aliphatic heterocycles. The van der Waals surface area contributed by atoms with Crippen molar-refractivity contribution >= 4 is 34.2 Å². The average molecular weight is 315 g/mol. The first-order valence-electron chi connectivity index (χ1n) is 6.84. The van der Waals surface area contributed by atoms with E-state index in [0.29, 0.717) is 11.4 Å². The molecule has 0 radical (unpaired) electrons. The number of alkyl halides is 1. The van der Waals surface area contributed by atoms with E-state index in [1.54, 1.807) is 6.07 Å². The molecule has 1 aliphatic rings. The Bertz CT molecular complexity index is 672. The topological polar surface area (TPSA) is 17.8 Å². The number of benzene rings is 1.